The molecule has 0 aliphatic carbocycles. The quantitative estimate of drug-likeness (QED) is 0.429. The van der Waals surface area contributed by atoms with Gasteiger partial charge in [-0.1, -0.05) is 47.0 Å². The second-order valence-electron chi connectivity index (χ2n) is 7.50. The smallest absolute Gasteiger partial charge is 0.190 e. The van der Waals surface area contributed by atoms with E-state index in [2.05, 4.69) is 43.3 Å². The molecule has 1 saturated heterocycles. The zero-order valence-electron chi connectivity index (χ0n) is 15.4. The lowest BCUT2D eigenvalue weighted by atomic mass is 9.78. The highest BCUT2D eigenvalue weighted by atomic mass is 16.5. The van der Waals surface area contributed by atoms with Gasteiger partial charge in [-0.2, -0.15) is 0 Å². The van der Waals surface area contributed by atoms with Crippen LogP contribution in [0.2, 0.25) is 0 Å². The van der Waals surface area contributed by atoms with Crippen LogP contribution in [0.1, 0.15) is 66.2 Å². The van der Waals surface area contributed by atoms with Gasteiger partial charge in [-0.25, -0.2) is 0 Å². The molecule has 0 aromatic rings. The van der Waals surface area contributed by atoms with Crippen LogP contribution in [0.5, 0.6) is 0 Å². The summed E-state index contributed by atoms with van der Waals surface area (Å²) in [7, 11) is 1.85. The standard InChI is InChI=1S/C18H37N3O/c1-6-7-8-9-12-20-17(19-5)21-14-15-11-10-13-22-16(15)18(2,3)4/h15-16H,6-14H2,1-5H3,(H2,19,20,21). The Labute approximate surface area is 137 Å². The van der Waals surface area contributed by atoms with Gasteiger partial charge in [0.05, 0.1) is 6.10 Å². The van der Waals surface area contributed by atoms with E-state index < -0.39 is 0 Å². The maximum Gasteiger partial charge on any atom is 0.190 e. The van der Waals surface area contributed by atoms with Crippen molar-refractivity contribution in [2.75, 3.05) is 26.7 Å². The van der Waals surface area contributed by atoms with Crippen LogP contribution >= 0.6 is 0 Å². The molecule has 0 saturated carbocycles. The Morgan fingerprint density at radius 2 is 1.95 bits per heavy atom. The number of unbranched alkanes of at least 4 members (excludes halogenated alkanes) is 3. The van der Waals surface area contributed by atoms with E-state index in [4.69, 9.17) is 4.74 Å². The van der Waals surface area contributed by atoms with Gasteiger partial charge in [0.2, 0.25) is 0 Å². The third-order valence-electron chi connectivity index (χ3n) is 4.38. The van der Waals surface area contributed by atoms with Gasteiger partial charge in [0.1, 0.15) is 0 Å². The van der Waals surface area contributed by atoms with E-state index in [9.17, 15) is 0 Å². The Morgan fingerprint density at radius 1 is 1.18 bits per heavy atom. The lowest BCUT2D eigenvalue weighted by Gasteiger charge is -2.40. The van der Waals surface area contributed by atoms with Crippen LogP contribution in [0.3, 0.4) is 0 Å². The van der Waals surface area contributed by atoms with Crippen molar-refractivity contribution in [1.82, 2.24) is 10.6 Å². The summed E-state index contributed by atoms with van der Waals surface area (Å²) in [6.45, 7) is 11.9. The van der Waals surface area contributed by atoms with Crippen molar-refractivity contribution in [1.29, 1.82) is 0 Å². The van der Waals surface area contributed by atoms with Crippen molar-refractivity contribution in [2.24, 2.45) is 16.3 Å². The molecule has 2 N–H and O–H groups in total. The summed E-state index contributed by atoms with van der Waals surface area (Å²) in [6.07, 6.45) is 7.85. The van der Waals surface area contributed by atoms with Crippen molar-refractivity contribution in [3.8, 4) is 0 Å². The Hall–Kier alpha value is -0.770. The summed E-state index contributed by atoms with van der Waals surface area (Å²) < 4.78 is 6.05. The van der Waals surface area contributed by atoms with Crippen LogP contribution < -0.4 is 10.6 Å². The maximum absolute atomic E-state index is 6.05. The molecule has 0 aromatic carbocycles. The molecule has 0 bridgehead atoms. The average Bonchev–Trinajstić information content (AvgIpc) is 2.49. The lowest BCUT2D eigenvalue weighted by molar-refractivity contribution is -0.0835. The summed E-state index contributed by atoms with van der Waals surface area (Å²) in [5.74, 6) is 1.49. The number of hydrogen-bond acceptors (Lipinski definition) is 2. The second kappa shape index (κ2) is 10.1. The van der Waals surface area contributed by atoms with Crippen LogP contribution in [-0.2, 0) is 4.74 Å². The lowest BCUT2D eigenvalue weighted by Crippen LogP contribution is -2.47. The Morgan fingerprint density at radius 3 is 2.59 bits per heavy atom. The normalized spacial score (nSPS) is 23.4. The molecule has 2 unspecified atom stereocenters. The molecule has 1 fully saturated rings. The van der Waals surface area contributed by atoms with E-state index in [1.165, 1.54) is 38.5 Å². The van der Waals surface area contributed by atoms with Gasteiger partial charge in [-0.3, -0.25) is 4.99 Å². The van der Waals surface area contributed by atoms with Crippen LogP contribution in [0, 0.1) is 11.3 Å². The topological polar surface area (TPSA) is 45.7 Å². The first-order valence-electron chi connectivity index (χ1n) is 9.05. The predicted octanol–water partition coefficient (Wildman–Crippen LogP) is 3.57. The van der Waals surface area contributed by atoms with Gasteiger partial charge in [-0.15, -0.1) is 0 Å². The number of guanidine groups is 1. The molecule has 22 heavy (non-hydrogen) atoms. The largest absolute Gasteiger partial charge is 0.377 e. The first-order valence-corrected chi connectivity index (χ1v) is 9.05. The molecule has 0 aromatic heterocycles. The van der Waals surface area contributed by atoms with E-state index >= 15 is 0 Å². The highest BCUT2D eigenvalue weighted by molar-refractivity contribution is 5.79. The minimum atomic E-state index is 0.198. The summed E-state index contributed by atoms with van der Waals surface area (Å²) in [6, 6.07) is 0. The third-order valence-corrected chi connectivity index (χ3v) is 4.38. The number of nitrogens with zero attached hydrogens (tertiary/aromatic N) is 1. The molecule has 1 rings (SSSR count). The molecule has 0 spiro atoms. The molecule has 0 radical (unpaired) electrons. The van der Waals surface area contributed by atoms with Gasteiger partial charge >= 0.3 is 0 Å². The fourth-order valence-electron chi connectivity index (χ4n) is 3.22. The molecule has 1 aliphatic rings. The predicted molar refractivity (Wildman–Crippen MR) is 95.4 cm³/mol. The Bertz CT molecular complexity index is 323. The van der Waals surface area contributed by atoms with E-state index in [1.807, 2.05) is 7.05 Å². The number of aliphatic imine (C=N–C) groups is 1. The second-order valence-corrected chi connectivity index (χ2v) is 7.50. The van der Waals surface area contributed by atoms with Crippen LogP contribution in [0.4, 0.5) is 0 Å². The molecule has 4 heteroatoms. The minimum Gasteiger partial charge on any atom is -0.377 e. The first kappa shape index (κ1) is 19.3. The maximum atomic E-state index is 6.05. The monoisotopic (exact) mass is 311 g/mol. The van der Waals surface area contributed by atoms with Crippen molar-refractivity contribution in [2.45, 2.75) is 72.3 Å². The first-order chi connectivity index (χ1) is 10.5. The fraction of sp³-hybridized carbons (Fsp3) is 0.944. The molecule has 4 nitrogen and oxygen atoms in total. The molecule has 130 valence electrons. The molecular weight excluding hydrogens is 274 g/mol. The number of rotatable bonds is 7. The summed E-state index contributed by atoms with van der Waals surface area (Å²) in [4.78, 5) is 4.33. The Kier molecular flexibility index (Phi) is 8.84. The number of ether oxygens (including phenoxy) is 1. The molecule has 0 amide bonds. The molecular formula is C18H37N3O. The van der Waals surface area contributed by atoms with Crippen molar-refractivity contribution >= 4 is 5.96 Å². The highest BCUT2D eigenvalue weighted by Crippen LogP contribution is 2.33. The van der Waals surface area contributed by atoms with Crippen LogP contribution in [0.15, 0.2) is 4.99 Å². The summed E-state index contributed by atoms with van der Waals surface area (Å²) in [5.41, 5.74) is 0.198. The molecule has 2 atom stereocenters. The van der Waals surface area contributed by atoms with E-state index in [0.29, 0.717) is 12.0 Å². The van der Waals surface area contributed by atoms with Gasteiger partial charge in [0, 0.05) is 32.7 Å². The fourth-order valence-corrected chi connectivity index (χ4v) is 3.22. The van der Waals surface area contributed by atoms with Crippen molar-refractivity contribution in [3.63, 3.8) is 0 Å². The zero-order valence-corrected chi connectivity index (χ0v) is 15.4. The SMILES string of the molecule is CCCCCCNC(=NC)NCC1CCCOC1C(C)(C)C. The van der Waals surface area contributed by atoms with E-state index in [0.717, 1.165) is 25.7 Å². The van der Waals surface area contributed by atoms with Crippen molar-refractivity contribution in [3.05, 3.63) is 0 Å². The van der Waals surface area contributed by atoms with Gasteiger partial charge in [0.15, 0.2) is 5.96 Å². The third kappa shape index (κ3) is 6.99. The minimum absolute atomic E-state index is 0.198. The van der Waals surface area contributed by atoms with Crippen LogP contribution in [0.25, 0.3) is 0 Å². The number of hydrogen-bond donors (Lipinski definition) is 2. The van der Waals surface area contributed by atoms with Gasteiger partial charge in [0.25, 0.3) is 0 Å². The average molecular weight is 312 g/mol. The van der Waals surface area contributed by atoms with Crippen molar-refractivity contribution < 1.29 is 4.74 Å². The molecule has 1 aliphatic heterocycles. The summed E-state index contributed by atoms with van der Waals surface area (Å²) in [5, 5.41) is 6.91. The Balaban J connectivity index is 2.34. The van der Waals surface area contributed by atoms with E-state index in [1.54, 1.807) is 0 Å². The van der Waals surface area contributed by atoms with Gasteiger partial charge in [-0.05, 0) is 24.7 Å². The van der Waals surface area contributed by atoms with Crippen LogP contribution in [-0.4, -0.2) is 38.8 Å². The number of nitrogens with one attached hydrogen (secondary N) is 2. The molecule has 1 heterocycles. The van der Waals surface area contributed by atoms with Gasteiger partial charge < -0.3 is 15.4 Å². The zero-order chi connectivity index (χ0) is 16.4. The highest BCUT2D eigenvalue weighted by Gasteiger charge is 2.35. The summed E-state index contributed by atoms with van der Waals surface area (Å²) >= 11 is 0. The van der Waals surface area contributed by atoms with E-state index in [-0.39, 0.29) is 5.41 Å².